The zero-order valence-electron chi connectivity index (χ0n) is 18.1. The lowest BCUT2D eigenvalue weighted by molar-refractivity contribution is 0.103. The fourth-order valence-corrected chi connectivity index (χ4v) is 5.55. The molecule has 0 saturated heterocycles. The van der Waals surface area contributed by atoms with Gasteiger partial charge in [-0.15, -0.1) is 11.3 Å². The van der Waals surface area contributed by atoms with Crippen LogP contribution >= 0.6 is 11.3 Å². The quantitative estimate of drug-likeness (QED) is 0.342. The predicted molar refractivity (Wildman–Crippen MR) is 131 cm³/mol. The molecule has 5 rings (SSSR count). The van der Waals surface area contributed by atoms with Crippen molar-refractivity contribution in [3.8, 4) is 5.69 Å². The standard InChI is InChI=1S/C24H20N4O4S2/c1-16-21-14-22(33-24(21)28(27-16)18-6-3-2-4-7-18)23(29)26-17-9-11-20(12-10-17)34(30,31)25-15-19-8-5-13-32-19/h2-14,25H,15H2,1H3,(H,26,29). The molecule has 3 aromatic heterocycles. The number of thiophene rings is 1. The van der Waals surface area contributed by atoms with Crippen LogP contribution in [0.25, 0.3) is 15.9 Å². The zero-order chi connectivity index (χ0) is 23.7. The molecular formula is C24H20N4O4S2. The Kier molecular flexibility index (Phi) is 5.78. The molecule has 0 atom stereocenters. The zero-order valence-corrected chi connectivity index (χ0v) is 19.7. The van der Waals surface area contributed by atoms with E-state index in [4.69, 9.17) is 4.42 Å². The Morgan fingerprint density at radius 2 is 1.82 bits per heavy atom. The van der Waals surface area contributed by atoms with Crippen LogP contribution in [0.4, 0.5) is 5.69 Å². The number of anilines is 1. The van der Waals surface area contributed by atoms with Gasteiger partial charge in [0.15, 0.2) is 0 Å². The molecule has 0 bridgehead atoms. The molecule has 8 nitrogen and oxygen atoms in total. The number of aryl methyl sites for hydroxylation is 1. The lowest BCUT2D eigenvalue weighted by Gasteiger charge is -2.07. The third-order valence-electron chi connectivity index (χ3n) is 5.21. The third kappa shape index (κ3) is 4.38. The molecule has 0 aliphatic heterocycles. The summed E-state index contributed by atoms with van der Waals surface area (Å²) in [5.74, 6) is 0.244. The number of sulfonamides is 1. The van der Waals surface area contributed by atoms with Crippen LogP contribution in [0.15, 0.2) is 88.4 Å². The lowest BCUT2D eigenvalue weighted by atomic mass is 10.3. The van der Waals surface area contributed by atoms with Crippen molar-refractivity contribution in [3.05, 3.63) is 95.4 Å². The van der Waals surface area contributed by atoms with Crippen molar-refractivity contribution in [2.24, 2.45) is 0 Å². The summed E-state index contributed by atoms with van der Waals surface area (Å²) >= 11 is 1.35. The van der Waals surface area contributed by atoms with Gasteiger partial charge in [-0.3, -0.25) is 4.79 Å². The first-order chi connectivity index (χ1) is 16.4. The van der Waals surface area contributed by atoms with Crippen LogP contribution in [-0.2, 0) is 16.6 Å². The fraction of sp³-hybridized carbons (Fsp3) is 0.0833. The number of rotatable bonds is 7. The van der Waals surface area contributed by atoms with Gasteiger partial charge < -0.3 is 9.73 Å². The molecule has 10 heteroatoms. The van der Waals surface area contributed by atoms with Crippen molar-refractivity contribution in [2.75, 3.05) is 5.32 Å². The Morgan fingerprint density at radius 3 is 2.53 bits per heavy atom. The highest BCUT2D eigenvalue weighted by atomic mass is 32.2. The molecule has 34 heavy (non-hydrogen) atoms. The second-order valence-corrected chi connectivity index (χ2v) is 10.3. The van der Waals surface area contributed by atoms with Crippen LogP contribution in [-0.4, -0.2) is 24.1 Å². The largest absolute Gasteiger partial charge is 0.468 e. The molecule has 0 radical (unpaired) electrons. The number of nitrogens with one attached hydrogen (secondary N) is 2. The summed E-state index contributed by atoms with van der Waals surface area (Å²) in [6, 6.07) is 21.0. The van der Waals surface area contributed by atoms with E-state index < -0.39 is 10.0 Å². The fourth-order valence-electron chi connectivity index (χ4n) is 3.48. The number of hydrogen-bond acceptors (Lipinski definition) is 6. The van der Waals surface area contributed by atoms with Gasteiger partial charge >= 0.3 is 0 Å². The first-order valence-corrected chi connectivity index (χ1v) is 12.7. The van der Waals surface area contributed by atoms with Gasteiger partial charge in [-0.05, 0) is 61.5 Å². The van der Waals surface area contributed by atoms with Gasteiger partial charge in [-0.1, -0.05) is 18.2 Å². The van der Waals surface area contributed by atoms with E-state index in [0.29, 0.717) is 16.3 Å². The van der Waals surface area contributed by atoms with Gasteiger partial charge in [0, 0.05) is 11.1 Å². The molecule has 0 spiro atoms. The van der Waals surface area contributed by atoms with Gasteiger partial charge in [-0.2, -0.15) is 5.10 Å². The highest BCUT2D eigenvalue weighted by Crippen LogP contribution is 2.31. The topological polar surface area (TPSA) is 106 Å². The van der Waals surface area contributed by atoms with Crippen molar-refractivity contribution in [2.45, 2.75) is 18.4 Å². The molecule has 172 valence electrons. The summed E-state index contributed by atoms with van der Waals surface area (Å²) in [5.41, 5.74) is 2.26. The molecule has 0 fully saturated rings. The first kappa shape index (κ1) is 22.1. The number of furan rings is 1. The molecule has 0 saturated carbocycles. The number of amides is 1. The maximum atomic E-state index is 12.9. The maximum Gasteiger partial charge on any atom is 0.265 e. The van der Waals surface area contributed by atoms with Crippen LogP contribution in [0, 0.1) is 6.92 Å². The molecule has 3 heterocycles. The Hall–Kier alpha value is -3.73. The van der Waals surface area contributed by atoms with E-state index in [0.717, 1.165) is 21.6 Å². The van der Waals surface area contributed by atoms with E-state index in [9.17, 15) is 13.2 Å². The van der Waals surface area contributed by atoms with E-state index >= 15 is 0 Å². The lowest BCUT2D eigenvalue weighted by Crippen LogP contribution is -2.23. The van der Waals surface area contributed by atoms with Crippen molar-refractivity contribution in [1.82, 2.24) is 14.5 Å². The van der Waals surface area contributed by atoms with E-state index in [1.165, 1.54) is 29.7 Å². The number of para-hydroxylation sites is 1. The minimum absolute atomic E-state index is 0.0551. The molecular weight excluding hydrogens is 472 g/mol. The van der Waals surface area contributed by atoms with Gasteiger partial charge in [0.25, 0.3) is 5.91 Å². The summed E-state index contributed by atoms with van der Waals surface area (Å²) in [7, 11) is -3.71. The minimum atomic E-state index is -3.71. The second-order valence-electron chi connectivity index (χ2n) is 7.54. The van der Waals surface area contributed by atoms with Crippen LogP contribution < -0.4 is 10.0 Å². The molecule has 0 unspecified atom stereocenters. The Bertz CT molecular complexity index is 1550. The summed E-state index contributed by atoms with van der Waals surface area (Å²) in [5, 5.41) is 8.35. The minimum Gasteiger partial charge on any atom is -0.468 e. The van der Waals surface area contributed by atoms with Gasteiger partial charge in [0.05, 0.1) is 34.0 Å². The van der Waals surface area contributed by atoms with Crippen LogP contribution in [0.2, 0.25) is 0 Å². The smallest absolute Gasteiger partial charge is 0.265 e. The van der Waals surface area contributed by atoms with Gasteiger partial charge in [-0.25, -0.2) is 17.8 Å². The van der Waals surface area contributed by atoms with Gasteiger partial charge in [0.2, 0.25) is 10.0 Å². The van der Waals surface area contributed by atoms with Crippen LogP contribution in [0.1, 0.15) is 21.1 Å². The monoisotopic (exact) mass is 492 g/mol. The normalized spacial score (nSPS) is 11.7. The highest BCUT2D eigenvalue weighted by Gasteiger charge is 2.18. The van der Waals surface area contributed by atoms with E-state index in [1.807, 2.05) is 48.0 Å². The Labute approximate surface area is 199 Å². The molecule has 0 aliphatic rings. The average molecular weight is 493 g/mol. The van der Waals surface area contributed by atoms with E-state index in [2.05, 4.69) is 15.1 Å². The van der Waals surface area contributed by atoms with Crippen LogP contribution in [0.5, 0.6) is 0 Å². The van der Waals surface area contributed by atoms with Crippen LogP contribution in [0.3, 0.4) is 0 Å². The number of benzene rings is 2. The van der Waals surface area contributed by atoms with Crippen molar-refractivity contribution < 1.29 is 17.6 Å². The molecule has 0 aliphatic carbocycles. The number of hydrogen-bond donors (Lipinski definition) is 2. The number of carbonyl (C=O) groups excluding carboxylic acids is 1. The Morgan fingerprint density at radius 1 is 1.06 bits per heavy atom. The predicted octanol–water partition coefficient (Wildman–Crippen LogP) is 4.72. The average Bonchev–Trinajstić information content (AvgIpc) is 3.58. The number of nitrogens with zero attached hydrogens (tertiary/aromatic N) is 2. The summed E-state index contributed by atoms with van der Waals surface area (Å²) in [6.45, 7) is 1.97. The van der Waals surface area contributed by atoms with Crippen molar-refractivity contribution in [1.29, 1.82) is 0 Å². The Balaban J connectivity index is 1.31. The number of aromatic nitrogens is 2. The summed E-state index contributed by atoms with van der Waals surface area (Å²) < 4.78 is 34.4. The van der Waals surface area contributed by atoms with E-state index in [-0.39, 0.29) is 17.3 Å². The molecule has 2 aromatic carbocycles. The van der Waals surface area contributed by atoms with Crippen molar-refractivity contribution in [3.63, 3.8) is 0 Å². The number of carbonyl (C=O) groups is 1. The highest BCUT2D eigenvalue weighted by molar-refractivity contribution is 7.89. The van der Waals surface area contributed by atoms with Gasteiger partial charge in [0.1, 0.15) is 10.6 Å². The maximum absolute atomic E-state index is 12.9. The summed E-state index contributed by atoms with van der Waals surface area (Å²) in [4.78, 5) is 14.4. The summed E-state index contributed by atoms with van der Waals surface area (Å²) in [6.07, 6.45) is 1.48. The molecule has 2 N–H and O–H groups in total. The molecule has 5 aromatic rings. The SMILES string of the molecule is Cc1nn(-c2ccccc2)c2sc(C(=O)Nc3ccc(S(=O)(=O)NCc4ccco4)cc3)cc12. The van der Waals surface area contributed by atoms with E-state index in [1.54, 1.807) is 24.3 Å². The first-order valence-electron chi connectivity index (χ1n) is 10.4. The van der Waals surface area contributed by atoms with Crippen molar-refractivity contribution >= 4 is 43.2 Å². The third-order valence-corrected chi connectivity index (χ3v) is 7.73. The molecule has 1 amide bonds. The number of fused-ring (bicyclic) bond motifs is 1. The second kappa shape index (κ2) is 8.90.